The standard InChI is InChI=1S/C12H18N6O/c1-5-19-7-11-15-10(13-4)6-12(16-11)18-9(3)14-8(2)17-18/h6H,5,7H2,1-4H3,(H,13,15,16). The van der Waals surface area contributed by atoms with Crippen LogP contribution in [0.4, 0.5) is 5.82 Å². The molecule has 7 heteroatoms. The molecule has 2 aromatic rings. The van der Waals surface area contributed by atoms with Crippen LogP contribution in [0.15, 0.2) is 6.07 Å². The molecule has 0 spiro atoms. The van der Waals surface area contributed by atoms with Gasteiger partial charge in [-0.05, 0) is 20.8 Å². The van der Waals surface area contributed by atoms with Crippen molar-refractivity contribution in [1.82, 2.24) is 24.7 Å². The molecular weight excluding hydrogens is 244 g/mol. The Morgan fingerprint density at radius 3 is 2.63 bits per heavy atom. The summed E-state index contributed by atoms with van der Waals surface area (Å²) in [6.07, 6.45) is 0. The van der Waals surface area contributed by atoms with Crippen molar-refractivity contribution in [3.05, 3.63) is 23.5 Å². The molecule has 0 unspecified atom stereocenters. The van der Waals surface area contributed by atoms with Gasteiger partial charge in [0.05, 0.1) is 0 Å². The molecule has 0 atom stereocenters. The van der Waals surface area contributed by atoms with Crippen LogP contribution in [0.3, 0.4) is 0 Å². The van der Waals surface area contributed by atoms with Crippen molar-refractivity contribution in [1.29, 1.82) is 0 Å². The van der Waals surface area contributed by atoms with Crippen molar-refractivity contribution in [2.45, 2.75) is 27.4 Å². The summed E-state index contributed by atoms with van der Waals surface area (Å²) in [5.74, 6) is 3.55. The van der Waals surface area contributed by atoms with E-state index >= 15 is 0 Å². The van der Waals surface area contributed by atoms with Gasteiger partial charge in [0.1, 0.15) is 24.1 Å². The number of rotatable bonds is 5. The molecule has 0 aromatic carbocycles. The summed E-state index contributed by atoms with van der Waals surface area (Å²) in [7, 11) is 1.82. The number of anilines is 1. The van der Waals surface area contributed by atoms with Crippen LogP contribution in [0.2, 0.25) is 0 Å². The number of hydrogen-bond donors (Lipinski definition) is 1. The predicted octanol–water partition coefficient (Wildman–Crippen LogP) is 1.25. The molecule has 0 saturated carbocycles. The maximum atomic E-state index is 5.35. The number of hydrogen-bond acceptors (Lipinski definition) is 6. The number of nitrogens with zero attached hydrogens (tertiary/aromatic N) is 5. The van der Waals surface area contributed by atoms with Crippen LogP contribution in [0.1, 0.15) is 24.4 Å². The molecule has 19 heavy (non-hydrogen) atoms. The van der Waals surface area contributed by atoms with Gasteiger partial charge in [-0.25, -0.2) is 15.0 Å². The second kappa shape index (κ2) is 5.75. The van der Waals surface area contributed by atoms with Crippen molar-refractivity contribution in [2.24, 2.45) is 0 Å². The Kier molecular flexibility index (Phi) is 4.06. The van der Waals surface area contributed by atoms with E-state index in [2.05, 4.69) is 25.4 Å². The van der Waals surface area contributed by atoms with Crippen molar-refractivity contribution in [2.75, 3.05) is 19.0 Å². The van der Waals surface area contributed by atoms with Crippen LogP contribution in [0, 0.1) is 13.8 Å². The first-order valence-corrected chi connectivity index (χ1v) is 6.18. The highest BCUT2D eigenvalue weighted by Gasteiger charge is 2.10. The Labute approximate surface area is 112 Å². The molecule has 102 valence electrons. The monoisotopic (exact) mass is 262 g/mol. The molecule has 0 amide bonds. The van der Waals surface area contributed by atoms with Crippen LogP contribution in [0.5, 0.6) is 0 Å². The fourth-order valence-electron chi connectivity index (χ4n) is 1.72. The first-order chi connectivity index (χ1) is 9.13. The minimum Gasteiger partial charge on any atom is -0.374 e. The molecule has 7 nitrogen and oxygen atoms in total. The van der Waals surface area contributed by atoms with E-state index in [0.29, 0.717) is 30.7 Å². The van der Waals surface area contributed by atoms with Crippen molar-refractivity contribution in [3.8, 4) is 5.82 Å². The van der Waals surface area contributed by atoms with Crippen LogP contribution >= 0.6 is 0 Å². The third-order valence-corrected chi connectivity index (χ3v) is 2.54. The van der Waals surface area contributed by atoms with E-state index < -0.39 is 0 Å². The minimum absolute atomic E-state index is 0.381. The van der Waals surface area contributed by atoms with E-state index in [0.717, 1.165) is 11.6 Å². The van der Waals surface area contributed by atoms with Crippen molar-refractivity contribution < 1.29 is 4.74 Å². The average Bonchev–Trinajstić information content (AvgIpc) is 2.75. The molecule has 2 heterocycles. The largest absolute Gasteiger partial charge is 0.374 e. The second-order valence-electron chi connectivity index (χ2n) is 4.03. The lowest BCUT2D eigenvalue weighted by atomic mass is 10.4. The number of aryl methyl sites for hydroxylation is 2. The molecule has 0 saturated heterocycles. The van der Waals surface area contributed by atoms with Gasteiger partial charge < -0.3 is 10.1 Å². The summed E-state index contributed by atoms with van der Waals surface area (Å²) in [6.45, 7) is 6.69. The van der Waals surface area contributed by atoms with Crippen LogP contribution in [-0.4, -0.2) is 38.4 Å². The zero-order chi connectivity index (χ0) is 13.8. The highest BCUT2D eigenvalue weighted by molar-refractivity contribution is 5.41. The van der Waals surface area contributed by atoms with Crippen molar-refractivity contribution >= 4 is 5.82 Å². The molecule has 0 fully saturated rings. The minimum atomic E-state index is 0.381. The summed E-state index contributed by atoms with van der Waals surface area (Å²) >= 11 is 0. The highest BCUT2D eigenvalue weighted by atomic mass is 16.5. The zero-order valence-electron chi connectivity index (χ0n) is 11.6. The van der Waals surface area contributed by atoms with Crippen LogP contribution in [-0.2, 0) is 11.3 Å². The normalized spacial score (nSPS) is 10.7. The lowest BCUT2D eigenvalue weighted by Crippen LogP contribution is -2.09. The van der Waals surface area contributed by atoms with E-state index in [-0.39, 0.29) is 0 Å². The van der Waals surface area contributed by atoms with Gasteiger partial charge in [-0.2, -0.15) is 4.68 Å². The van der Waals surface area contributed by atoms with Crippen LogP contribution in [0.25, 0.3) is 5.82 Å². The smallest absolute Gasteiger partial charge is 0.161 e. The first-order valence-electron chi connectivity index (χ1n) is 6.18. The molecule has 1 N–H and O–H groups in total. The quantitative estimate of drug-likeness (QED) is 0.873. The summed E-state index contributed by atoms with van der Waals surface area (Å²) in [6, 6.07) is 1.83. The molecule has 2 aromatic heterocycles. The fourth-order valence-corrected chi connectivity index (χ4v) is 1.72. The van der Waals surface area contributed by atoms with Gasteiger partial charge in [0, 0.05) is 19.7 Å². The van der Waals surface area contributed by atoms with E-state index in [4.69, 9.17) is 4.74 Å². The number of ether oxygens (including phenoxy) is 1. The zero-order valence-corrected chi connectivity index (χ0v) is 11.6. The third kappa shape index (κ3) is 3.05. The maximum Gasteiger partial charge on any atom is 0.161 e. The van der Waals surface area contributed by atoms with Gasteiger partial charge in [-0.3, -0.25) is 0 Å². The molecular formula is C12H18N6O. The molecule has 0 aliphatic rings. The number of aromatic nitrogens is 5. The Bertz CT molecular complexity index is 565. The van der Waals surface area contributed by atoms with Crippen molar-refractivity contribution in [3.63, 3.8) is 0 Å². The first kappa shape index (κ1) is 13.4. The third-order valence-electron chi connectivity index (χ3n) is 2.54. The Balaban J connectivity index is 2.41. The van der Waals surface area contributed by atoms with Gasteiger partial charge in [-0.15, -0.1) is 5.10 Å². The Morgan fingerprint density at radius 1 is 1.26 bits per heavy atom. The molecule has 0 radical (unpaired) electrons. The molecule has 0 aliphatic carbocycles. The highest BCUT2D eigenvalue weighted by Crippen LogP contribution is 2.12. The van der Waals surface area contributed by atoms with Gasteiger partial charge in [0.15, 0.2) is 11.6 Å². The predicted molar refractivity (Wildman–Crippen MR) is 71.3 cm³/mol. The SMILES string of the molecule is CCOCc1nc(NC)cc(-n2nc(C)nc2C)n1. The average molecular weight is 262 g/mol. The lowest BCUT2D eigenvalue weighted by molar-refractivity contribution is 0.128. The summed E-state index contributed by atoms with van der Waals surface area (Å²) in [5, 5.41) is 7.34. The molecule has 0 bridgehead atoms. The van der Waals surface area contributed by atoms with E-state index in [1.54, 1.807) is 4.68 Å². The summed E-state index contributed by atoms with van der Waals surface area (Å²) in [5.41, 5.74) is 0. The second-order valence-corrected chi connectivity index (χ2v) is 4.03. The molecule has 2 rings (SSSR count). The maximum absolute atomic E-state index is 5.35. The van der Waals surface area contributed by atoms with E-state index in [1.807, 2.05) is 33.9 Å². The van der Waals surface area contributed by atoms with Gasteiger partial charge in [-0.1, -0.05) is 0 Å². The number of nitrogens with one attached hydrogen (secondary N) is 1. The fraction of sp³-hybridized carbons (Fsp3) is 0.500. The lowest BCUT2D eigenvalue weighted by Gasteiger charge is -2.08. The van der Waals surface area contributed by atoms with Gasteiger partial charge in [0.25, 0.3) is 0 Å². The Morgan fingerprint density at radius 2 is 2.05 bits per heavy atom. The Hall–Kier alpha value is -2.02. The van der Waals surface area contributed by atoms with E-state index in [1.165, 1.54) is 0 Å². The van der Waals surface area contributed by atoms with E-state index in [9.17, 15) is 0 Å². The van der Waals surface area contributed by atoms with Gasteiger partial charge in [0.2, 0.25) is 0 Å². The summed E-state index contributed by atoms with van der Waals surface area (Å²) in [4.78, 5) is 13.1. The van der Waals surface area contributed by atoms with Gasteiger partial charge >= 0.3 is 0 Å². The topological polar surface area (TPSA) is 77.8 Å². The van der Waals surface area contributed by atoms with Crippen LogP contribution < -0.4 is 5.32 Å². The summed E-state index contributed by atoms with van der Waals surface area (Å²) < 4.78 is 7.05. The molecule has 0 aliphatic heterocycles.